The zero-order chi connectivity index (χ0) is 10.5. The minimum atomic E-state index is 0.809. The lowest BCUT2D eigenvalue weighted by molar-refractivity contribution is 0.706. The summed E-state index contributed by atoms with van der Waals surface area (Å²) in [6.07, 6.45) is 6.32. The highest BCUT2D eigenvalue weighted by Crippen LogP contribution is 2.15. The fraction of sp³-hybridized carbons (Fsp3) is 0.636. The molecule has 4 nitrogen and oxygen atoms in total. The van der Waals surface area contributed by atoms with Crippen LogP contribution in [0.15, 0.2) is 12.4 Å². The van der Waals surface area contributed by atoms with E-state index in [9.17, 15) is 0 Å². The Labute approximate surface area is 90.7 Å². The van der Waals surface area contributed by atoms with Gasteiger partial charge in [-0.1, -0.05) is 6.92 Å². The Morgan fingerprint density at radius 2 is 2.07 bits per heavy atom. The van der Waals surface area contributed by atoms with Crippen LogP contribution in [0.2, 0.25) is 0 Å². The van der Waals surface area contributed by atoms with Crippen molar-refractivity contribution in [3.8, 4) is 0 Å². The monoisotopic (exact) mass is 206 g/mol. The summed E-state index contributed by atoms with van der Waals surface area (Å²) in [6.45, 7) is 6.12. The fourth-order valence-corrected chi connectivity index (χ4v) is 1.80. The van der Waals surface area contributed by atoms with Crippen LogP contribution in [-0.4, -0.2) is 29.6 Å². The van der Waals surface area contributed by atoms with Crippen LogP contribution in [-0.2, 0) is 6.54 Å². The van der Waals surface area contributed by atoms with E-state index in [0.29, 0.717) is 0 Å². The number of nitrogens with one attached hydrogen (secondary N) is 1. The van der Waals surface area contributed by atoms with E-state index in [0.717, 1.165) is 37.7 Å². The highest BCUT2D eigenvalue weighted by molar-refractivity contribution is 5.36. The number of aromatic nitrogens is 2. The van der Waals surface area contributed by atoms with Crippen LogP contribution in [0.3, 0.4) is 0 Å². The molecule has 0 aromatic carbocycles. The summed E-state index contributed by atoms with van der Waals surface area (Å²) < 4.78 is 0. The smallest absolute Gasteiger partial charge is 0.147 e. The van der Waals surface area contributed by atoms with Crippen LogP contribution in [0.25, 0.3) is 0 Å². The lowest BCUT2D eigenvalue weighted by Crippen LogP contribution is -2.20. The van der Waals surface area contributed by atoms with Gasteiger partial charge in [-0.2, -0.15) is 0 Å². The van der Waals surface area contributed by atoms with Gasteiger partial charge in [-0.15, -0.1) is 0 Å². The van der Waals surface area contributed by atoms with Gasteiger partial charge in [0.25, 0.3) is 0 Å². The third kappa shape index (κ3) is 2.65. The number of anilines is 1. The van der Waals surface area contributed by atoms with Crippen molar-refractivity contribution in [2.24, 2.45) is 0 Å². The van der Waals surface area contributed by atoms with Crippen molar-refractivity contribution in [1.29, 1.82) is 0 Å². The second kappa shape index (κ2) is 5.07. The van der Waals surface area contributed by atoms with Crippen LogP contribution >= 0.6 is 0 Å². The van der Waals surface area contributed by atoms with Crippen molar-refractivity contribution < 1.29 is 0 Å². The minimum absolute atomic E-state index is 0.809. The molecule has 2 heterocycles. The van der Waals surface area contributed by atoms with Gasteiger partial charge in [-0.05, 0) is 19.4 Å². The molecule has 1 aliphatic rings. The first-order valence-corrected chi connectivity index (χ1v) is 5.66. The largest absolute Gasteiger partial charge is 0.355 e. The molecule has 4 heteroatoms. The second-order valence-corrected chi connectivity index (χ2v) is 3.84. The molecule has 1 aliphatic heterocycles. The summed E-state index contributed by atoms with van der Waals surface area (Å²) >= 11 is 0. The molecule has 0 atom stereocenters. The first-order valence-electron chi connectivity index (χ1n) is 5.66. The molecule has 1 fully saturated rings. The lowest BCUT2D eigenvalue weighted by Gasteiger charge is -2.15. The van der Waals surface area contributed by atoms with E-state index in [2.05, 4.69) is 27.1 Å². The molecule has 0 aliphatic carbocycles. The number of hydrogen-bond acceptors (Lipinski definition) is 4. The molecule has 82 valence electrons. The Hall–Kier alpha value is -1.16. The topological polar surface area (TPSA) is 41.1 Å². The summed E-state index contributed by atoms with van der Waals surface area (Å²) in [4.78, 5) is 11.1. The Morgan fingerprint density at radius 1 is 1.27 bits per heavy atom. The maximum atomic E-state index is 4.44. The van der Waals surface area contributed by atoms with Crippen LogP contribution in [0, 0.1) is 0 Å². The maximum absolute atomic E-state index is 4.44. The summed E-state index contributed by atoms with van der Waals surface area (Å²) in [5, 5.41) is 3.24. The Kier molecular flexibility index (Phi) is 3.50. The average molecular weight is 206 g/mol. The number of rotatable bonds is 4. The van der Waals surface area contributed by atoms with E-state index in [4.69, 9.17) is 0 Å². The molecule has 1 saturated heterocycles. The molecular formula is C11H18N4. The Morgan fingerprint density at radius 3 is 2.67 bits per heavy atom. The quantitative estimate of drug-likeness (QED) is 0.803. The summed E-state index contributed by atoms with van der Waals surface area (Å²) in [5.41, 5.74) is 1.01. The van der Waals surface area contributed by atoms with Crippen molar-refractivity contribution in [1.82, 2.24) is 15.3 Å². The van der Waals surface area contributed by atoms with E-state index in [1.807, 2.05) is 12.4 Å². The van der Waals surface area contributed by atoms with Crippen LogP contribution in [0.1, 0.15) is 25.5 Å². The Bertz CT molecular complexity index is 290. The predicted molar refractivity (Wildman–Crippen MR) is 60.9 cm³/mol. The van der Waals surface area contributed by atoms with E-state index in [1.165, 1.54) is 12.8 Å². The summed E-state index contributed by atoms with van der Waals surface area (Å²) in [6, 6.07) is 0. The normalized spacial score (nSPS) is 15.9. The number of nitrogens with zero attached hydrogens (tertiary/aromatic N) is 3. The third-order valence-electron chi connectivity index (χ3n) is 2.68. The molecule has 0 saturated carbocycles. The van der Waals surface area contributed by atoms with E-state index in [-0.39, 0.29) is 0 Å². The number of hydrogen-bond donors (Lipinski definition) is 1. The van der Waals surface area contributed by atoms with Crippen LogP contribution in [0.5, 0.6) is 0 Å². The van der Waals surface area contributed by atoms with Gasteiger partial charge < -0.3 is 10.2 Å². The molecule has 0 unspecified atom stereocenters. The summed E-state index contributed by atoms with van der Waals surface area (Å²) in [7, 11) is 0. The van der Waals surface area contributed by atoms with E-state index >= 15 is 0 Å². The van der Waals surface area contributed by atoms with Crippen molar-refractivity contribution in [2.45, 2.75) is 26.3 Å². The predicted octanol–water partition coefficient (Wildman–Crippen LogP) is 1.19. The van der Waals surface area contributed by atoms with Gasteiger partial charge in [0, 0.05) is 19.6 Å². The van der Waals surface area contributed by atoms with Gasteiger partial charge >= 0.3 is 0 Å². The standard InChI is InChI=1S/C11H18N4/c1-2-12-7-10-8-14-11(9-13-10)15-5-3-4-6-15/h8-9,12H,2-7H2,1H3. The molecule has 1 N–H and O–H groups in total. The minimum Gasteiger partial charge on any atom is -0.355 e. The lowest BCUT2D eigenvalue weighted by atomic mass is 10.4. The zero-order valence-corrected chi connectivity index (χ0v) is 9.24. The SMILES string of the molecule is CCNCc1cnc(N2CCCC2)cn1. The third-order valence-corrected chi connectivity index (χ3v) is 2.68. The van der Waals surface area contributed by atoms with Crippen LogP contribution < -0.4 is 10.2 Å². The average Bonchev–Trinajstić information content (AvgIpc) is 2.80. The molecule has 0 bridgehead atoms. The first-order chi connectivity index (χ1) is 7.40. The van der Waals surface area contributed by atoms with Crippen molar-refractivity contribution in [2.75, 3.05) is 24.5 Å². The van der Waals surface area contributed by atoms with Gasteiger partial charge in [0.15, 0.2) is 0 Å². The molecule has 2 rings (SSSR count). The molecule has 1 aromatic heterocycles. The highest BCUT2D eigenvalue weighted by Gasteiger charge is 2.13. The zero-order valence-electron chi connectivity index (χ0n) is 9.24. The highest BCUT2D eigenvalue weighted by atomic mass is 15.2. The van der Waals surface area contributed by atoms with E-state index in [1.54, 1.807) is 0 Å². The van der Waals surface area contributed by atoms with Crippen LogP contribution in [0.4, 0.5) is 5.82 Å². The van der Waals surface area contributed by atoms with Gasteiger partial charge in [0.05, 0.1) is 18.1 Å². The molecule has 1 aromatic rings. The molecule has 0 spiro atoms. The summed E-state index contributed by atoms with van der Waals surface area (Å²) in [5.74, 6) is 1.02. The van der Waals surface area contributed by atoms with E-state index < -0.39 is 0 Å². The van der Waals surface area contributed by atoms with Crippen molar-refractivity contribution in [3.05, 3.63) is 18.1 Å². The molecule has 15 heavy (non-hydrogen) atoms. The van der Waals surface area contributed by atoms with Gasteiger partial charge in [0.2, 0.25) is 0 Å². The first kappa shape index (κ1) is 10.4. The molecular weight excluding hydrogens is 188 g/mol. The van der Waals surface area contributed by atoms with Gasteiger partial charge in [0.1, 0.15) is 5.82 Å². The van der Waals surface area contributed by atoms with Crippen molar-refractivity contribution in [3.63, 3.8) is 0 Å². The molecule has 0 amide bonds. The maximum Gasteiger partial charge on any atom is 0.147 e. The van der Waals surface area contributed by atoms with Crippen molar-refractivity contribution >= 4 is 5.82 Å². The second-order valence-electron chi connectivity index (χ2n) is 3.84. The fourth-order valence-electron chi connectivity index (χ4n) is 1.80. The van der Waals surface area contributed by atoms with Gasteiger partial charge in [-0.3, -0.25) is 4.98 Å². The Balaban J connectivity index is 1.96. The van der Waals surface area contributed by atoms with Gasteiger partial charge in [-0.25, -0.2) is 4.98 Å². The molecule has 0 radical (unpaired) electrons.